The molecule has 2 aromatic rings. The molecule has 4 rings (SSSR count). The summed E-state index contributed by atoms with van der Waals surface area (Å²) in [5.41, 5.74) is 0.526. The molecular weight excluding hydrogens is 433 g/mol. The van der Waals surface area contributed by atoms with Crippen LogP contribution in [0.3, 0.4) is 0 Å². The Bertz CT molecular complexity index is 1040. The van der Waals surface area contributed by atoms with E-state index in [1.54, 1.807) is 24.3 Å². The molecular formula is C25H27F3N2O3. The van der Waals surface area contributed by atoms with Crippen molar-refractivity contribution in [2.45, 2.75) is 57.4 Å². The Morgan fingerprint density at radius 2 is 1.67 bits per heavy atom. The quantitative estimate of drug-likeness (QED) is 0.649. The first kappa shape index (κ1) is 23.3. The van der Waals surface area contributed by atoms with Crippen LogP contribution >= 0.6 is 0 Å². The molecule has 2 aromatic carbocycles. The van der Waals surface area contributed by atoms with Gasteiger partial charge in [-0.1, -0.05) is 38.1 Å². The van der Waals surface area contributed by atoms with E-state index >= 15 is 0 Å². The molecule has 8 heteroatoms. The Hall–Kier alpha value is -2.87. The Labute approximate surface area is 190 Å². The summed E-state index contributed by atoms with van der Waals surface area (Å²) >= 11 is 0. The van der Waals surface area contributed by atoms with Gasteiger partial charge >= 0.3 is 12.1 Å². The van der Waals surface area contributed by atoms with Gasteiger partial charge in [-0.05, 0) is 60.1 Å². The minimum Gasteiger partial charge on any atom is -0.478 e. The molecule has 0 aromatic heterocycles. The van der Waals surface area contributed by atoms with Crippen LogP contribution in [0, 0.1) is 5.41 Å². The van der Waals surface area contributed by atoms with E-state index in [0.717, 1.165) is 36.1 Å². The van der Waals surface area contributed by atoms with Gasteiger partial charge in [-0.25, -0.2) is 4.79 Å². The number of amides is 1. The highest BCUT2D eigenvalue weighted by atomic mass is 19.4. The summed E-state index contributed by atoms with van der Waals surface area (Å²) < 4.78 is 38.6. The van der Waals surface area contributed by atoms with E-state index in [4.69, 9.17) is 5.11 Å². The van der Waals surface area contributed by atoms with Crippen molar-refractivity contribution in [3.8, 4) is 0 Å². The first-order chi connectivity index (χ1) is 15.4. The number of hydrogen-bond acceptors (Lipinski definition) is 3. The highest BCUT2D eigenvalue weighted by molar-refractivity contribution is 5.87. The van der Waals surface area contributed by atoms with E-state index in [9.17, 15) is 22.8 Å². The predicted octanol–water partition coefficient (Wildman–Crippen LogP) is 4.81. The van der Waals surface area contributed by atoms with Gasteiger partial charge in [0.2, 0.25) is 5.91 Å². The molecule has 2 aliphatic rings. The summed E-state index contributed by atoms with van der Waals surface area (Å²) in [5.74, 6) is -1.10. The first-order valence-corrected chi connectivity index (χ1v) is 10.9. The number of hydrogen-bond donors (Lipinski definition) is 2. The van der Waals surface area contributed by atoms with Crippen LogP contribution in [0.15, 0.2) is 48.5 Å². The van der Waals surface area contributed by atoms with Crippen molar-refractivity contribution in [3.63, 3.8) is 0 Å². The van der Waals surface area contributed by atoms with Crippen molar-refractivity contribution < 1.29 is 27.9 Å². The molecule has 0 bridgehead atoms. The van der Waals surface area contributed by atoms with Crippen molar-refractivity contribution >= 4 is 11.9 Å². The number of nitrogens with zero attached hydrogens (tertiary/aromatic N) is 1. The van der Waals surface area contributed by atoms with Gasteiger partial charge < -0.3 is 10.4 Å². The molecule has 5 nitrogen and oxygen atoms in total. The molecule has 1 atom stereocenters. The van der Waals surface area contributed by atoms with Gasteiger partial charge in [-0.2, -0.15) is 13.2 Å². The number of carboxylic acids is 1. The van der Waals surface area contributed by atoms with Gasteiger partial charge in [0.15, 0.2) is 0 Å². The highest BCUT2D eigenvalue weighted by Gasteiger charge is 2.49. The van der Waals surface area contributed by atoms with E-state index in [2.05, 4.69) is 19.2 Å². The number of halogens is 3. The molecule has 176 valence electrons. The van der Waals surface area contributed by atoms with Gasteiger partial charge in [0.1, 0.15) is 0 Å². The van der Waals surface area contributed by atoms with Crippen LogP contribution < -0.4 is 5.32 Å². The lowest BCUT2D eigenvalue weighted by Gasteiger charge is -2.27. The molecule has 1 heterocycles. The van der Waals surface area contributed by atoms with Crippen molar-refractivity contribution in [1.29, 1.82) is 0 Å². The van der Waals surface area contributed by atoms with Crippen molar-refractivity contribution in [2.24, 2.45) is 5.41 Å². The summed E-state index contributed by atoms with van der Waals surface area (Å²) in [6, 6.07) is 11.3. The SMILES string of the molecule is CC1(C)C[C@H](C(=O)NC2(c3ccc(C(=O)O)cc3)CC2)N(Cc2ccc(C(F)(F)F)cc2)C1. The fraction of sp³-hybridized carbons (Fsp3) is 0.440. The zero-order valence-corrected chi connectivity index (χ0v) is 18.6. The predicted molar refractivity (Wildman–Crippen MR) is 116 cm³/mol. The number of likely N-dealkylation sites (tertiary alicyclic amines) is 1. The lowest BCUT2D eigenvalue weighted by atomic mass is 9.90. The Morgan fingerprint density at radius 3 is 2.18 bits per heavy atom. The van der Waals surface area contributed by atoms with Crippen LogP contribution in [0.5, 0.6) is 0 Å². The van der Waals surface area contributed by atoms with Gasteiger partial charge in [0, 0.05) is 13.1 Å². The number of rotatable bonds is 6. The molecule has 1 amide bonds. The normalized spacial score (nSPS) is 21.5. The summed E-state index contributed by atoms with van der Waals surface area (Å²) in [5, 5.41) is 12.3. The van der Waals surface area contributed by atoms with Gasteiger partial charge in [0.05, 0.1) is 22.7 Å². The number of aromatic carboxylic acids is 1. The Morgan fingerprint density at radius 1 is 1.06 bits per heavy atom. The second-order valence-corrected chi connectivity index (χ2v) is 9.94. The van der Waals surface area contributed by atoms with E-state index in [1.165, 1.54) is 12.1 Å². The molecule has 0 spiro atoms. The molecule has 2 N–H and O–H groups in total. The zero-order chi connectivity index (χ0) is 24.0. The van der Waals surface area contributed by atoms with Crippen molar-refractivity contribution in [2.75, 3.05) is 6.54 Å². The molecule has 1 aliphatic carbocycles. The molecule has 1 saturated heterocycles. The molecule has 0 radical (unpaired) electrons. The summed E-state index contributed by atoms with van der Waals surface area (Å²) in [7, 11) is 0. The van der Waals surface area contributed by atoms with Crippen molar-refractivity contribution in [3.05, 3.63) is 70.8 Å². The highest BCUT2D eigenvalue weighted by Crippen LogP contribution is 2.46. The first-order valence-electron chi connectivity index (χ1n) is 10.9. The topological polar surface area (TPSA) is 69.6 Å². The summed E-state index contributed by atoms with van der Waals surface area (Å²) in [6.07, 6.45) is -2.17. The number of alkyl halides is 3. The zero-order valence-electron chi connectivity index (χ0n) is 18.6. The fourth-order valence-corrected chi connectivity index (χ4v) is 4.70. The van der Waals surface area contributed by atoms with Crippen LogP contribution in [-0.2, 0) is 23.1 Å². The maximum atomic E-state index is 13.3. The number of carbonyl (C=O) groups excluding carboxylic acids is 1. The van der Waals surface area contributed by atoms with E-state index in [0.29, 0.717) is 19.5 Å². The molecule has 33 heavy (non-hydrogen) atoms. The van der Waals surface area contributed by atoms with Crippen LogP contribution in [0.4, 0.5) is 13.2 Å². The fourth-order valence-electron chi connectivity index (χ4n) is 4.70. The molecule has 0 unspecified atom stereocenters. The largest absolute Gasteiger partial charge is 0.478 e. The third-order valence-corrected chi connectivity index (χ3v) is 6.58. The lowest BCUT2D eigenvalue weighted by molar-refractivity contribution is -0.137. The summed E-state index contributed by atoms with van der Waals surface area (Å²) in [6.45, 7) is 5.21. The maximum Gasteiger partial charge on any atom is 0.416 e. The van der Waals surface area contributed by atoms with Crippen molar-refractivity contribution in [1.82, 2.24) is 10.2 Å². The minimum atomic E-state index is -4.38. The minimum absolute atomic E-state index is 0.103. The van der Waals surface area contributed by atoms with E-state index in [1.807, 2.05) is 4.90 Å². The lowest BCUT2D eigenvalue weighted by Crippen LogP contribution is -2.46. The maximum absolute atomic E-state index is 13.3. The average Bonchev–Trinajstić information content (AvgIpc) is 3.45. The second-order valence-electron chi connectivity index (χ2n) is 9.94. The van der Waals surface area contributed by atoms with E-state index < -0.39 is 29.3 Å². The standard InChI is InChI=1S/C25H27F3N2O3/c1-23(2)13-20(30(15-23)14-16-3-7-19(8-4-16)25(26,27)28)21(31)29-24(11-12-24)18-9-5-17(6-10-18)22(32)33/h3-10,20H,11-15H2,1-2H3,(H,29,31)(H,32,33)/t20-/m1/s1. The smallest absolute Gasteiger partial charge is 0.416 e. The number of carbonyl (C=O) groups is 2. The Balaban J connectivity index is 1.48. The third kappa shape index (κ3) is 5.05. The molecule has 1 saturated carbocycles. The third-order valence-electron chi connectivity index (χ3n) is 6.58. The molecule has 2 fully saturated rings. The number of benzene rings is 2. The van der Waals surface area contributed by atoms with Gasteiger partial charge in [-0.15, -0.1) is 0 Å². The van der Waals surface area contributed by atoms with Gasteiger partial charge in [-0.3, -0.25) is 9.69 Å². The molecule has 1 aliphatic heterocycles. The monoisotopic (exact) mass is 460 g/mol. The van der Waals surface area contributed by atoms with Crippen LogP contribution in [0.25, 0.3) is 0 Å². The summed E-state index contributed by atoms with van der Waals surface area (Å²) in [4.78, 5) is 26.5. The number of nitrogens with one attached hydrogen (secondary N) is 1. The second kappa shape index (κ2) is 8.17. The number of carboxylic acid groups (broad SMARTS) is 1. The van der Waals surface area contributed by atoms with Gasteiger partial charge in [0.25, 0.3) is 0 Å². The Kier molecular flexibility index (Phi) is 5.76. The van der Waals surface area contributed by atoms with Crippen LogP contribution in [0.2, 0.25) is 0 Å². The van der Waals surface area contributed by atoms with Crippen LogP contribution in [-0.4, -0.2) is 34.5 Å². The van der Waals surface area contributed by atoms with E-state index in [-0.39, 0.29) is 16.9 Å². The van der Waals surface area contributed by atoms with Crippen LogP contribution in [0.1, 0.15) is 60.2 Å². The average molecular weight is 460 g/mol.